The number of aromatic nitrogens is 1. The van der Waals surface area contributed by atoms with Crippen molar-refractivity contribution in [2.45, 2.75) is 26.3 Å². The maximum absolute atomic E-state index is 12.4. The quantitative estimate of drug-likeness (QED) is 0.835. The lowest BCUT2D eigenvalue weighted by molar-refractivity contribution is -0.139. The van der Waals surface area contributed by atoms with Crippen LogP contribution in [0.3, 0.4) is 0 Å². The van der Waals surface area contributed by atoms with Crippen LogP contribution in [0.5, 0.6) is 0 Å². The van der Waals surface area contributed by atoms with E-state index in [1.54, 1.807) is 24.2 Å². The van der Waals surface area contributed by atoms with Crippen LogP contribution in [-0.4, -0.2) is 46.7 Å². The summed E-state index contributed by atoms with van der Waals surface area (Å²) in [5, 5.41) is 0. The third kappa shape index (κ3) is 3.56. The first kappa shape index (κ1) is 14.5. The zero-order chi connectivity index (χ0) is 14.5. The lowest BCUT2D eigenvalue weighted by Gasteiger charge is -2.32. The van der Waals surface area contributed by atoms with Crippen molar-refractivity contribution in [1.29, 1.82) is 0 Å². The summed E-state index contributed by atoms with van der Waals surface area (Å²) >= 11 is 0. The number of carbonyl (C=O) groups excluding carboxylic acids is 2. The third-order valence-electron chi connectivity index (χ3n) is 3.81. The first-order chi connectivity index (χ1) is 9.58. The number of hydrogen-bond acceptors (Lipinski definition) is 3. The van der Waals surface area contributed by atoms with Crippen LogP contribution in [0.25, 0.3) is 0 Å². The average Bonchev–Trinajstić information content (AvgIpc) is 2.47. The van der Waals surface area contributed by atoms with Crippen LogP contribution < -0.4 is 0 Å². The molecular weight excluding hydrogens is 254 g/mol. The molecule has 5 heteroatoms. The highest BCUT2D eigenvalue weighted by molar-refractivity contribution is 5.79. The number of piperidine rings is 1. The molecule has 0 unspecified atom stereocenters. The van der Waals surface area contributed by atoms with Gasteiger partial charge in [0.25, 0.3) is 0 Å². The number of likely N-dealkylation sites (tertiary alicyclic amines) is 1. The second-order valence-corrected chi connectivity index (χ2v) is 5.34. The summed E-state index contributed by atoms with van der Waals surface area (Å²) in [6.07, 6.45) is 5.02. The van der Waals surface area contributed by atoms with Gasteiger partial charge in [-0.2, -0.15) is 0 Å². The van der Waals surface area contributed by atoms with Gasteiger partial charge in [-0.1, -0.05) is 6.07 Å². The minimum atomic E-state index is 0.0345. The first-order valence-corrected chi connectivity index (χ1v) is 6.97. The normalized spacial score (nSPS) is 16.0. The molecule has 0 spiro atoms. The largest absolute Gasteiger partial charge is 0.343 e. The van der Waals surface area contributed by atoms with Crippen molar-refractivity contribution in [1.82, 2.24) is 14.8 Å². The average molecular weight is 275 g/mol. The molecule has 1 aromatic heterocycles. The molecule has 0 aromatic carbocycles. The molecule has 0 aliphatic carbocycles. The summed E-state index contributed by atoms with van der Waals surface area (Å²) in [5.74, 6) is 0.295. The lowest BCUT2D eigenvalue weighted by Crippen LogP contribution is -2.42. The summed E-state index contributed by atoms with van der Waals surface area (Å²) in [6, 6.07) is 3.84. The number of rotatable bonds is 3. The van der Waals surface area contributed by atoms with Gasteiger partial charge in [-0.05, 0) is 24.5 Å². The van der Waals surface area contributed by atoms with Gasteiger partial charge in [0.2, 0.25) is 11.8 Å². The lowest BCUT2D eigenvalue weighted by atomic mass is 9.95. The van der Waals surface area contributed by atoms with Crippen LogP contribution in [0.2, 0.25) is 0 Å². The zero-order valence-electron chi connectivity index (χ0n) is 12.1. The fourth-order valence-corrected chi connectivity index (χ4v) is 2.60. The van der Waals surface area contributed by atoms with Gasteiger partial charge in [-0.25, -0.2) is 0 Å². The third-order valence-corrected chi connectivity index (χ3v) is 3.81. The molecule has 1 aliphatic rings. The van der Waals surface area contributed by atoms with Gasteiger partial charge in [0, 0.05) is 51.9 Å². The maximum atomic E-state index is 12.4. The predicted octanol–water partition coefficient (Wildman–Crippen LogP) is 1.30. The summed E-state index contributed by atoms with van der Waals surface area (Å²) in [6.45, 7) is 3.54. The Labute approximate surface area is 119 Å². The van der Waals surface area contributed by atoms with Gasteiger partial charge < -0.3 is 9.80 Å². The molecule has 1 aliphatic heterocycles. The van der Waals surface area contributed by atoms with Crippen LogP contribution in [0.15, 0.2) is 24.5 Å². The van der Waals surface area contributed by atoms with E-state index in [9.17, 15) is 9.59 Å². The molecule has 0 saturated carbocycles. The van der Waals surface area contributed by atoms with Gasteiger partial charge in [-0.3, -0.25) is 14.6 Å². The second kappa shape index (κ2) is 6.50. The molecule has 0 bridgehead atoms. The molecule has 0 N–H and O–H groups in total. The van der Waals surface area contributed by atoms with Crippen molar-refractivity contribution < 1.29 is 9.59 Å². The number of carbonyl (C=O) groups is 2. The molecule has 1 fully saturated rings. The standard InChI is InChI=1S/C15H21N3O2/c1-12(19)18-8-5-14(6-9-18)15(20)17(2)11-13-4-3-7-16-10-13/h3-4,7,10,14H,5-6,8-9,11H2,1-2H3. The molecule has 20 heavy (non-hydrogen) atoms. The maximum Gasteiger partial charge on any atom is 0.225 e. The molecule has 1 saturated heterocycles. The molecule has 108 valence electrons. The molecule has 0 radical (unpaired) electrons. The van der Waals surface area contributed by atoms with E-state index in [1.165, 1.54) is 0 Å². The number of hydrogen-bond donors (Lipinski definition) is 0. The van der Waals surface area contributed by atoms with E-state index in [2.05, 4.69) is 4.98 Å². The van der Waals surface area contributed by atoms with Crippen molar-refractivity contribution in [3.8, 4) is 0 Å². The fourth-order valence-electron chi connectivity index (χ4n) is 2.60. The van der Waals surface area contributed by atoms with Crippen LogP contribution in [0.1, 0.15) is 25.3 Å². The highest BCUT2D eigenvalue weighted by Gasteiger charge is 2.27. The van der Waals surface area contributed by atoms with Crippen molar-refractivity contribution in [2.24, 2.45) is 5.92 Å². The van der Waals surface area contributed by atoms with E-state index in [0.29, 0.717) is 19.6 Å². The summed E-state index contributed by atoms with van der Waals surface area (Å²) in [7, 11) is 1.83. The van der Waals surface area contributed by atoms with Crippen LogP contribution in [0, 0.1) is 5.92 Å². The van der Waals surface area contributed by atoms with Crippen molar-refractivity contribution >= 4 is 11.8 Å². The van der Waals surface area contributed by atoms with Crippen molar-refractivity contribution in [3.63, 3.8) is 0 Å². The molecule has 5 nitrogen and oxygen atoms in total. The molecule has 2 heterocycles. The van der Waals surface area contributed by atoms with E-state index >= 15 is 0 Å². The second-order valence-electron chi connectivity index (χ2n) is 5.34. The zero-order valence-corrected chi connectivity index (χ0v) is 12.1. The molecule has 1 aromatic rings. The number of nitrogens with zero attached hydrogens (tertiary/aromatic N) is 3. The van der Waals surface area contributed by atoms with Gasteiger partial charge in [0.15, 0.2) is 0 Å². The van der Waals surface area contributed by atoms with Gasteiger partial charge in [0.05, 0.1) is 0 Å². The topological polar surface area (TPSA) is 53.5 Å². The first-order valence-electron chi connectivity index (χ1n) is 6.97. The number of amides is 2. The van der Waals surface area contributed by atoms with E-state index in [0.717, 1.165) is 18.4 Å². The Kier molecular flexibility index (Phi) is 4.71. The van der Waals surface area contributed by atoms with E-state index in [1.807, 2.05) is 24.1 Å². The van der Waals surface area contributed by atoms with Crippen LogP contribution in [-0.2, 0) is 16.1 Å². The summed E-state index contributed by atoms with van der Waals surface area (Å²) in [4.78, 5) is 31.3. The monoisotopic (exact) mass is 275 g/mol. The Hall–Kier alpha value is -1.91. The van der Waals surface area contributed by atoms with Crippen molar-refractivity contribution in [3.05, 3.63) is 30.1 Å². The number of pyridine rings is 1. The molecule has 2 amide bonds. The van der Waals surface area contributed by atoms with E-state index in [-0.39, 0.29) is 17.7 Å². The highest BCUT2D eigenvalue weighted by Crippen LogP contribution is 2.20. The minimum absolute atomic E-state index is 0.0345. The van der Waals surface area contributed by atoms with Gasteiger partial charge in [-0.15, -0.1) is 0 Å². The van der Waals surface area contributed by atoms with Gasteiger partial charge in [0.1, 0.15) is 0 Å². The highest BCUT2D eigenvalue weighted by atomic mass is 16.2. The van der Waals surface area contributed by atoms with E-state index < -0.39 is 0 Å². The smallest absolute Gasteiger partial charge is 0.225 e. The Balaban J connectivity index is 1.87. The molecular formula is C15H21N3O2. The van der Waals surface area contributed by atoms with Crippen molar-refractivity contribution in [2.75, 3.05) is 20.1 Å². The van der Waals surface area contributed by atoms with E-state index in [4.69, 9.17) is 0 Å². The molecule has 2 rings (SSSR count). The SMILES string of the molecule is CC(=O)N1CCC(C(=O)N(C)Cc2cccnc2)CC1. The summed E-state index contributed by atoms with van der Waals surface area (Å²) < 4.78 is 0. The fraction of sp³-hybridized carbons (Fsp3) is 0.533. The summed E-state index contributed by atoms with van der Waals surface area (Å²) in [5.41, 5.74) is 1.03. The Morgan fingerprint density at radius 2 is 2.10 bits per heavy atom. The van der Waals surface area contributed by atoms with Crippen LogP contribution >= 0.6 is 0 Å². The predicted molar refractivity (Wildman–Crippen MR) is 75.7 cm³/mol. The Morgan fingerprint density at radius 1 is 1.40 bits per heavy atom. The Morgan fingerprint density at radius 3 is 2.65 bits per heavy atom. The minimum Gasteiger partial charge on any atom is -0.343 e. The Bertz CT molecular complexity index is 467. The van der Waals surface area contributed by atoms with Gasteiger partial charge >= 0.3 is 0 Å². The van der Waals surface area contributed by atoms with Crippen LogP contribution in [0.4, 0.5) is 0 Å². The molecule has 0 atom stereocenters.